The zero-order valence-electron chi connectivity index (χ0n) is 14.9. The van der Waals surface area contributed by atoms with E-state index in [1.54, 1.807) is 30.3 Å². The topological polar surface area (TPSA) is 58.6 Å². The van der Waals surface area contributed by atoms with Gasteiger partial charge in [-0.1, -0.05) is 26.0 Å². The number of benzene rings is 2. The lowest BCUT2D eigenvalue weighted by Crippen LogP contribution is -2.36. The monoisotopic (exact) mass is 378 g/mol. The van der Waals surface area contributed by atoms with Gasteiger partial charge in [-0.05, 0) is 41.8 Å². The largest absolute Gasteiger partial charge is 0.378 e. The molecular formula is C19H23FN2O3S. The lowest BCUT2D eigenvalue weighted by molar-refractivity contribution is 0.122. The summed E-state index contributed by atoms with van der Waals surface area (Å²) in [6, 6.07) is 11.1. The molecule has 0 radical (unpaired) electrons. The van der Waals surface area contributed by atoms with Crippen LogP contribution in [0.5, 0.6) is 0 Å². The van der Waals surface area contributed by atoms with Crippen molar-refractivity contribution in [1.82, 2.24) is 0 Å². The SMILES string of the molecule is CC(C)c1ccc(S(=O)(=O)Nc2cc(N3CCOCC3)ccc2F)cc1. The first-order valence-electron chi connectivity index (χ1n) is 8.62. The Morgan fingerprint density at radius 3 is 2.35 bits per heavy atom. The van der Waals surface area contributed by atoms with Gasteiger partial charge in [0.1, 0.15) is 5.82 Å². The molecule has 0 atom stereocenters. The van der Waals surface area contributed by atoms with E-state index < -0.39 is 15.8 Å². The van der Waals surface area contributed by atoms with Crippen LogP contribution < -0.4 is 9.62 Å². The average molecular weight is 378 g/mol. The van der Waals surface area contributed by atoms with Gasteiger partial charge in [0, 0.05) is 18.8 Å². The highest BCUT2D eigenvalue weighted by atomic mass is 32.2. The molecular weight excluding hydrogens is 355 g/mol. The normalized spacial score (nSPS) is 15.3. The van der Waals surface area contributed by atoms with Crippen LogP contribution in [0.2, 0.25) is 0 Å². The lowest BCUT2D eigenvalue weighted by atomic mass is 10.0. The van der Waals surface area contributed by atoms with Gasteiger partial charge in [-0.25, -0.2) is 12.8 Å². The fourth-order valence-corrected chi connectivity index (χ4v) is 3.90. The first-order valence-corrected chi connectivity index (χ1v) is 10.1. The molecule has 0 aromatic heterocycles. The van der Waals surface area contributed by atoms with Crippen LogP contribution in [0.1, 0.15) is 25.3 Å². The van der Waals surface area contributed by atoms with Crippen molar-refractivity contribution in [3.8, 4) is 0 Å². The third kappa shape index (κ3) is 4.16. The van der Waals surface area contributed by atoms with Crippen LogP contribution in [0, 0.1) is 5.82 Å². The number of rotatable bonds is 5. The second kappa shape index (κ2) is 7.63. The van der Waals surface area contributed by atoms with Crippen molar-refractivity contribution in [3.63, 3.8) is 0 Å². The Hall–Kier alpha value is -2.12. The van der Waals surface area contributed by atoms with Crippen LogP contribution in [-0.2, 0) is 14.8 Å². The first kappa shape index (κ1) is 18.7. The molecule has 0 aliphatic carbocycles. The smallest absolute Gasteiger partial charge is 0.261 e. The van der Waals surface area contributed by atoms with E-state index >= 15 is 0 Å². The highest BCUT2D eigenvalue weighted by molar-refractivity contribution is 7.92. The quantitative estimate of drug-likeness (QED) is 0.864. The van der Waals surface area contributed by atoms with E-state index in [4.69, 9.17) is 4.74 Å². The number of nitrogens with one attached hydrogen (secondary N) is 1. The average Bonchev–Trinajstić information content (AvgIpc) is 2.64. The van der Waals surface area contributed by atoms with Gasteiger partial charge >= 0.3 is 0 Å². The molecule has 1 aliphatic rings. The van der Waals surface area contributed by atoms with E-state index in [1.165, 1.54) is 12.1 Å². The van der Waals surface area contributed by atoms with Gasteiger partial charge in [0.05, 0.1) is 23.8 Å². The zero-order chi connectivity index (χ0) is 18.7. The van der Waals surface area contributed by atoms with Crippen LogP contribution in [-0.4, -0.2) is 34.7 Å². The Bertz CT molecular complexity index is 861. The summed E-state index contributed by atoms with van der Waals surface area (Å²) in [6.07, 6.45) is 0. The van der Waals surface area contributed by atoms with Crippen molar-refractivity contribution in [2.75, 3.05) is 35.9 Å². The van der Waals surface area contributed by atoms with Crippen LogP contribution in [0.4, 0.5) is 15.8 Å². The molecule has 0 unspecified atom stereocenters. The van der Waals surface area contributed by atoms with Crippen LogP contribution >= 0.6 is 0 Å². The molecule has 1 heterocycles. The van der Waals surface area contributed by atoms with Gasteiger partial charge in [0.2, 0.25) is 0 Å². The summed E-state index contributed by atoms with van der Waals surface area (Å²) >= 11 is 0. The van der Waals surface area contributed by atoms with Gasteiger partial charge in [0.15, 0.2) is 0 Å². The van der Waals surface area contributed by atoms with Gasteiger partial charge in [-0.2, -0.15) is 0 Å². The Morgan fingerprint density at radius 1 is 1.08 bits per heavy atom. The van der Waals surface area contributed by atoms with Crippen molar-refractivity contribution in [3.05, 3.63) is 53.8 Å². The number of halogens is 1. The summed E-state index contributed by atoms with van der Waals surface area (Å²) in [7, 11) is -3.86. The number of nitrogens with zero attached hydrogens (tertiary/aromatic N) is 1. The third-order valence-corrected chi connectivity index (χ3v) is 5.81. The molecule has 140 valence electrons. The second-order valence-electron chi connectivity index (χ2n) is 6.59. The van der Waals surface area contributed by atoms with E-state index in [2.05, 4.69) is 4.72 Å². The van der Waals surface area contributed by atoms with Crippen LogP contribution in [0.15, 0.2) is 47.4 Å². The van der Waals surface area contributed by atoms with Crippen molar-refractivity contribution >= 4 is 21.4 Å². The summed E-state index contributed by atoms with van der Waals surface area (Å²) in [5.41, 5.74) is 1.76. The summed E-state index contributed by atoms with van der Waals surface area (Å²) in [4.78, 5) is 2.15. The highest BCUT2D eigenvalue weighted by Crippen LogP contribution is 2.26. The number of anilines is 2. The summed E-state index contributed by atoms with van der Waals surface area (Å²) in [6.45, 7) is 6.65. The van der Waals surface area contributed by atoms with Crippen molar-refractivity contribution in [1.29, 1.82) is 0 Å². The summed E-state index contributed by atoms with van der Waals surface area (Å²) < 4.78 is 47.1. The molecule has 1 N–H and O–H groups in total. The molecule has 0 amide bonds. The minimum absolute atomic E-state index is 0.0538. The molecule has 7 heteroatoms. The molecule has 1 aliphatic heterocycles. The molecule has 1 fully saturated rings. The molecule has 0 bridgehead atoms. The first-order chi connectivity index (χ1) is 12.4. The number of hydrogen-bond acceptors (Lipinski definition) is 4. The Labute approximate surface area is 153 Å². The molecule has 5 nitrogen and oxygen atoms in total. The Morgan fingerprint density at radius 2 is 1.73 bits per heavy atom. The maximum absolute atomic E-state index is 14.2. The van der Waals surface area contributed by atoms with Gasteiger partial charge in [-0.15, -0.1) is 0 Å². The molecule has 0 saturated carbocycles. The molecule has 2 aromatic rings. The maximum atomic E-state index is 14.2. The van der Waals surface area contributed by atoms with Crippen molar-refractivity contribution < 1.29 is 17.5 Å². The summed E-state index contributed by atoms with van der Waals surface area (Å²) in [5.74, 6) is -0.299. The molecule has 26 heavy (non-hydrogen) atoms. The van der Waals surface area contributed by atoms with Crippen molar-refractivity contribution in [2.24, 2.45) is 0 Å². The van der Waals surface area contributed by atoms with Crippen molar-refractivity contribution in [2.45, 2.75) is 24.7 Å². The van der Waals surface area contributed by atoms with Crippen LogP contribution in [0.25, 0.3) is 0 Å². The van der Waals surface area contributed by atoms with E-state index in [0.717, 1.165) is 11.3 Å². The second-order valence-corrected chi connectivity index (χ2v) is 8.28. The predicted octanol–water partition coefficient (Wildman–Crippen LogP) is 3.59. The minimum Gasteiger partial charge on any atom is -0.378 e. The number of hydrogen-bond donors (Lipinski definition) is 1. The van der Waals surface area contributed by atoms with E-state index in [9.17, 15) is 12.8 Å². The lowest BCUT2D eigenvalue weighted by Gasteiger charge is -2.29. The van der Waals surface area contributed by atoms with E-state index in [1.807, 2.05) is 18.7 Å². The van der Waals surface area contributed by atoms with E-state index in [0.29, 0.717) is 32.2 Å². The predicted molar refractivity (Wildman–Crippen MR) is 101 cm³/mol. The Balaban J connectivity index is 1.84. The number of morpholine rings is 1. The molecule has 3 rings (SSSR count). The fourth-order valence-electron chi connectivity index (χ4n) is 2.85. The standard InChI is InChI=1S/C19H23FN2O3S/c1-14(2)15-3-6-17(7-4-15)26(23,24)21-19-13-16(5-8-18(19)20)22-9-11-25-12-10-22/h3-8,13-14,21H,9-12H2,1-2H3. The minimum atomic E-state index is -3.86. The molecule has 0 spiro atoms. The number of sulfonamides is 1. The zero-order valence-corrected chi connectivity index (χ0v) is 15.7. The molecule has 1 saturated heterocycles. The van der Waals surface area contributed by atoms with Crippen LogP contribution in [0.3, 0.4) is 0 Å². The summed E-state index contributed by atoms with van der Waals surface area (Å²) in [5, 5.41) is 0. The van der Waals surface area contributed by atoms with Gasteiger partial charge in [-0.3, -0.25) is 4.72 Å². The van der Waals surface area contributed by atoms with Gasteiger partial charge in [0.25, 0.3) is 10.0 Å². The third-order valence-electron chi connectivity index (χ3n) is 4.43. The highest BCUT2D eigenvalue weighted by Gasteiger charge is 2.19. The maximum Gasteiger partial charge on any atom is 0.261 e. The van der Waals surface area contributed by atoms with E-state index in [-0.39, 0.29) is 10.6 Å². The number of ether oxygens (including phenoxy) is 1. The molecule has 2 aromatic carbocycles. The fraction of sp³-hybridized carbons (Fsp3) is 0.368. The Kier molecular flexibility index (Phi) is 5.48. The van der Waals surface area contributed by atoms with Gasteiger partial charge < -0.3 is 9.64 Å².